The second-order valence-corrected chi connectivity index (χ2v) is 5.43. The van der Waals surface area contributed by atoms with Gasteiger partial charge in [0.05, 0.1) is 0 Å². The Bertz CT molecular complexity index is 439. The molecule has 0 spiro atoms. The molecule has 0 saturated heterocycles. The van der Waals surface area contributed by atoms with Crippen molar-refractivity contribution >= 4 is 21.7 Å². The zero-order chi connectivity index (χ0) is 12.5. The molecule has 4 heteroatoms. The molecular weight excluding hydrogens is 287 g/mol. The minimum Gasteiger partial charge on any atom is -0.382 e. The number of carbonyl (C=O) groups is 1. The highest BCUT2D eigenvalue weighted by atomic mass is 79.9. The van der Waals surface area contributed by atoms with E-state index in [9.17, 15) is 14.3 Å². The van der Waals surface area contributed by atoms with E-state index in [0.717, 1.165) is 18.4 Å². The molecule has 1 N–H and O–H groups in total. The Kier molecular flexibility index (Phi) is 3.64. The maximum atomic E-state index is 12.9. The van der Waals surface area contributed by atoms with E-state index in [4.69, 9.17) is 0 Å². The molecule has 2 nitrogen and oxygen atoms in total. The standard InChI is InChI=1S/C13H14BrFO2/c14-11-8-10(15)4-3-9(11)7-12(16)13(17)5-1-2-6-13/h3-4,8,17H,1-2,5-7H2. The van der Waals surface area contributed by atoms with E-state index in [-0.39, 0.29) is 18.0 Å². The number of halogens is 2. The monoisotopic (exact) mass is 300 g/mol. The highest BCUT2D eigenvalue weighted by Crippen LogP contribution is 2.32. The van der Waals surface area contributed by atoms with Crippen LogP contribution < -0.4 is 0 Å². The van der Waals surface area contributed by atoms with Crippen molar-refractivity contribution in [2.75, 3.05) is 0 Å². The number of aliphatic hydroxyl groups is 1. The summed E-state index contributed by atoms with van der Waals surface area (Å²) in [5, 5.41) is 10.1. The number of hydrogen-bond acceptors (Lipinski definition) is 2. The van der Waals surface area contributed by atoms with Crippen LogP contribution in [-0.4, -0.2) is 16.5 Å². The second kappa shape index (κ2) is 4.86. The van der Waals surface area contributed by atoms with Crippen LogP contribution in [0.15, 0.2) is 22.7 Å². The molecule has 1 fully saturated rings. The Hall–Kier alpha value is -0.740. The van der Waals surface area contributed by atoms with Crippen LogP contribution in [0.3, 0.4) is 0 Å². The number of Topliss-reactive ketones (excluding diaryl/α,β-unsaturated/α-hetero) is 1. The predicted octanol–water partition coefficient (Wildman–Crippen LogP) is 3.00. The van der Waals surface area contributed by atoms with Crippen LogP contribution in [0.2, 0.25) is 0 Å². The Balaban J connectivity index is 2.13. The molecule has 0 bridgehead atoms. The maximum Gasteiger partial charge on any atom is 0.168 e. The van der Waals surface area contributed by atoms with Crippen molar-refractivity contribution in [3.8, 4) is 0 Å². The average Bonchev–Trinajstić information content (AvgIpc) is 2.71. The SMILES string of the molecule is O=C(Cc1ccc(F)cc1Br)C1(O)CCCC1. The predicted molar refractivity (Wildman–Crippen MR) is 66.2 cm³/mol. The van der Waals surface area contributed by atoms with Gasteiger partial charge >= 0.3 is 0 Å². The van der Waals surface area contributed by atoms with Crippen LogP contribution in [0.25, 0.3) is 0 Å². The van der Waals surface area contributed by atoms with Crippen molar-refractivity contribution in [3.63, 3.8) is 0 Å². The van der Waals surface area contributed by atoms with Gasteiger partial charge in [0.2, 0.25) is 0 Å². The smallest absolute Gasteiger partial charge is 0.168 e. The van der Waals surface area contributed by atoms with E-state index in [2.05, 4.69) is 15.9 Å². The first-order chi connectivity index (χ1) is 8.01. The normalized spacial score (nSPS) is 18.3. The first-order valence-corrected chi connectivity index (χ1v) is 6.50. The minimum atomic E-state index is -1.16. The summed E-state index contributed by atoms with van der Waals surface area (Å²) >= 11 is 3.23. The summed E-state index contributed by atoms with van der Waals surface area (Å²) in [6.45, 7) is 0. The van der Waals surface area contributed by atoms with Gasteiger partial charge in [-0.3, -0.25) is 4.79 Å². The molecule has 0 radical (unpaired) electrons. The summed E-state index contributed by atoms with van der Waals surface area (Å²) in [7, 11) is 0. The highest BCUT2D eigenvalue weighted by molar-refractivity contribution is 9.10. The van der Waals surface area contributed by atoms with Gasteiger partial charge in [-0.2, -0.15) is 0 Å². The molecule has 92 valence electrons. The fourth-order valence-electron chi connectivity index (χ4n) is 2.24. The fourth-order valence-corrected chi connectivity index (χ4v) is 2.73. The molecule has 0 aliphatic heterocycles. The van der Waals surface area contributed by atoms with Gasteiger partial charge in [-0.1, -0.05) is 22.0 Å². The van der Waals surface area contributed by atoms with Crippen molar-refractivity contribution in [3.05, 3.63) is 34.1 Å². The first kappa shape index (κ1) is 12.7. The molecule has 0 amide bonds. The lowest BCUT2D eigenvalue weighted by atomic mass is 9.92. The van der Waals surface area contributed by atoms with Crippen LogP contribution in [-0.2, 0) is 11.2 Å². The number of benzene rings is 1. The van der Waals surface area contributed by atoms with Gasteiger partial charge in [-0.05, 0) is 43.4 Å². The summed E-state index contributed by atoms with van der Waals surface area (Å²) in [6.07, 6.45) is 3.03. The molecule has 0 aromatic heterocycles. The van der Waals surface area contributed by atoms with E-state index < -0.39 is 5.60 Å². The van der Waals surface area contributed by atoms with Gasteiger partial charge in [0.1, 0.15) is 11.4 Å². The first-order valence-electron chi connectivity index (χ1n) is 5.71. The molecule has 0 heterocycles. The third-order valence-electron chi connectivity index (χ3n) is 3.32. The lowest BCUT2D eigenvalue weighted by Crippen LogP contribution is -2.36. The second-order valence-electron chi connectivity index (χ2n) is 4.57. The average molecular weight is 301 g/mol. The zero-order valence-electron chi connectivity index (χ0n) is 9.38. The molecule has 0 unspecified atom stereocenters. The molecular formula is C13H14BrFO2. The molecule has 1 aromatic rings. The Morgan fingerprint density at radius 2 is 2.06 bits per heavy atom. The maximum absolute atomic E-state index is 12.9. The van der Waals surface area contributed by atoms with Crippen molar-refractivity contribution in [1.29, 1.82) is 0 Å². The number of hydrogen-bond donors (Lipinski definition) is 1. The largest absolute Gasteiger partial charge is 0.382 e. The van der Waals surface area contributed by atoms with Crippen molar-refractivity contribution < 1.29 is 14.3 Å². The Morgan fingerprint density at radius 3 is 2.65 bits per heavy atom. The van der Waals surface area contributed by atoms with E-state index in [0.29, 0.717) is 17.3 Å². The zero-order valence-corrected chi connectivity index (χ0v) is 11.0. The molecule has 2 rings (SSSR count). The molecule has 1 aliphatic carbocycles. The quantitative estimate of drug-likeness (QED) is 0.932. The van der Waals surface area contributed by atoms with Crippen LogP contribution in [0.1, 0.15) is 31.2 Å². The Labute approximate surface area is 108 Å². The van der Waals surface area contributed by atoms with Gasteiger partial charge in [0.25, 0.3) is 0 Å². The summed E-state index contributed by atoms with van der Waals surface area (Å²) in [5.41, 5.74) is -0.440. The third kappa shape index (κ3) is 2.75. The van der Waals surface area contributed by atoms with Gasteiger partial charge < -0.3 is 5.11 Å². The van der Waals surface area contributed by atoms with E-state index in [1.807, 2.05) is 0 Å². The topological polar surface area (TPSA) is 37.3 Å². The van der Waals surface area contributed by atoms with E-state index >= 15 is 0 Å². The Morgan fingerprint density at radius 1 is 1.41 bits per heavy atom. The summed E-state index contributed by atoms with van der Waals surface area (Å²) in [6, 6.07) is 4.24. The molecule has 0 atom stereocenters. The molecule has 1 aromatic carbocycles. The van der Waals surface area contributed by atoms with Crippen LogP contribution in [0.4, 0.5) is 4.39 Å². The highest BCUT2D eigenvalue weighted by Gasteiger charge is 2.38. The molecule has 1 saturated carbocycles. The van der Waals surface area contributed by atoms with Gasteiger partial charge in [0, 0.05) is 10.9 Å². The molecule has 1 aliphatic rings. The third-order valence-corrected chi connectivity index (χ3v) is 4.05. The summed E-state index contributed by atoms with van der Waals surface area (Å²) in [4.78, 5) is 12.0. The summed E-state index contributed by atoms with van der Waals surface area (Å²) < 4.78 is 13.5. The fraction of sp³-hybridized carbons (Fsp3) is 0.462. The van der Waals surface area contributed by atoms with Crippen molar-refractivity contribution in [1.82, 2.24) is 0 Å². The van der Waals surface area contributed by atoms with Gasteiger partial charge in [-0.25, -0.2) is 4.39 Å². The number of ketones is 1. The van der Waals surface area contributed by atoms with E-state index in [1.54, 1.807) is 6.07 Å². The number of carbonyl (C=O) groups excluding carboxylic acids is 1. The van der Waals surface area contributed by atoms with Crippen LogP contribution in [0.5, 0.6) is 0 Å². The van der Waals surface area contributed by atoms with Crippen LogP contribution in [0, 0.1) is 5.82 Å². The minimum absolute atomic E-state index is 0.150. The lowest BCUT2D eigenvalue weighted by Gasteiger charge is -2.20. The summed E-state index contributed by atoms with van der Waals surface area (Å²) in [5.74, 6) is -0.505. The van der Waals surface area contributed by atoms with Gasteiger partial charge in [0.15, 0.2) is 5.78 Å². The van der Waals surface area contributed by atoms with Crippen molar-refractivity contribution in [2.45, 2.75) is 37.7 Å². The lowest BCUT2D eigenvalue weighted by molar-refractivity contribution is -0.136. The molecule has 17 heavy (non-hydrogen) atoms. The van der Waals surface area contributed by atoms with Crippen molar-refractivity contribution in [2.24, 2.45) is 0 Å². The van der Waals surface area contributed by atoms with Gasteiger partial charge in [-0.15, -0.1) is 0 Å². The van der Waals surface area contributed by atoms with Crippen LogP contribution >= 0.6 is 15.9 Å². The number of rotatable bonds is 3. The van der Waals surface area contributed by atoms with E-state index in [1.165, 1.54) is 12.1 Å².